The van der Waals surface area contributed by atoms with Gasteiger partial charge < -0.3 is 20.0 Å². The summed E-state index contributed by atoms with van der Waals surface area (Å²) in [5.41, 5.74) is 9.22. The molecule has 4 rings (SSSR count). The van der Waals surface area contributed by atoms with E-state index in [-0.39, 0.29) is 24.3 Å². The van der Waals surface area contributed by atoms with Crippen LogP contribution in [0.4, 0.5) is 0 Å². The third kappa shape index (κ3) is 5.66. The van der Waals surface area contributed by atoms with E-state index in [9.17, 15) is 0 Å². The standard InChI is InChI=1S/C22H23BrN6O2.ClH/c1-14(27-30-13-15-2-8-19(23)9-3-15)16-4-6-17(7-5-16)20-26-21(31-28-20)18-10-11-29(12-18)22(24)25;/h2-9,18H,10-13H2,1H3,(H3,24,25);1H/t18-;/m1./s1. The van der Waals surface area contributed by atoms with Crippen LogP contribution < -0.4 is 5.73 Å². The molecule has 1 saturated heterocycles. The summed E-state index contributed by atoms with van der Waals surface area (Å²) < 4.78 is 6.50. The summed E-state index contributed by atoms with van der Waals surface area (Å²) in [4.78, 5) is 11.8. The molecule has 0 saturated carbocycles. The van der Waals surface area contributed by atoms with Crippen molar-refractivity contribution in [2.75, 3.05) is 13.1 Å². The van der Waals surface area contributed by atoms with E-state index < -0.39 is 0 Å². The third-order valence-electron chi connectivity index (χ3n) is 5.23. The van der Waals surface area contributed by atoms with Crippen molar-refractivity contribution in [2.24, 2.45) is 10.9 Å². The van der Waals surface area contributed by atoms with Gasteiger partial charge in [0.1, 0.15) is 6.61 Å². The maximum Gasteiger partial charge on any atom is 0.231 e. The predicted molar refractivity (Wildman–Crippen MR) is 129 cm³/mol. The van der Waals surface area contributed by atoms with Gasteiger partial charge in [0, 0.05) is 23.1 Å². The molecule has 1 aliphatic heterocycles. The second-order valence-corrected chi connectivity index (χ2v) is 8.34. The molecule has 168 valence electrons. The number of nitrogens with zero attached hydrogens (tertiary/aromatic N) is 4. The van der Waals surface area contributed by atoms with Crippen LogP contribution in [0.2, 0.25) is 0 Å². The zero-order valence-corrected chi connectivity index (χ0v) is 19.9. The van der Waals surface area contributed by atoms with Gasteiger partial charge in [-0.25, -0.2) is 0 Å². The molecule has 1 atom stereocenters. The molecule has 1 aromatic heterocycles. The summed E-state index contributed by atoms with van der Waals surface area (Å²) in [6, 6.07) is 15.7. The fraction of sp³-hybridized carbons (Fsp3) is 0.273. The number of hydrogen-bond donors (Lipinski definition) is 2. The highest BCUT2D eigenvalue weighted by Crippen LogP contribution is 2.27. The number of nitrogens with one attached hydrogen (secondary N) is 1. The summed E-state index contributed by atoms with van der Waals surface area (Å²) in [6.45, 7) is 3.68. The van der Waals surface area contributed by atoms with Gasteiger partial charge in [0.2, 0.25) is 11.7 Å². The number of hydrogen-bond acceptors (Lipinski definition) is 6. The molecule has 32 heavy (non-hydrogen) atoms. The average Bonchev–Trinajstić information content (AvgIpc) is 3.45. The monoisotopic (exact) mass is 518 g/mol. The first-order valence-electron chi connectivity index (χ1n) is 9.94. The van der Waals surface area contributed by atoms with E-state index in [0.29, 0.717) is 24.9 Å². The second-order valence-electron chi connectivity index (χ2n) is 7.43. The zero-order chi connectivity index (χ0) is 21.8. The van der Waals surface area contributed by atoms with Crippen LogP contribution in [0.3, 0.4) is 0 Å². The first-order valence-corrected chi connectivity index (χ1v) is 10.7. The predicted octanol–water partition coefficient (Wildman–Crippen LogP) is 4.54. The normalized spacial score (nSPS) is 16.0. The summed E-state index contributed by atoms with van der Waals surface area (Å²) in [6.07, 6.45) is 0.843. The van der Waals surface area contributed by atoms with Gasteiger partial charge in [-0.3, -0.25) is 5.41 Å². The number of guanidine groups is 1. The van der Waals surface area contributed by atoms with Crippen molar-refractivity contribution in [1.82, 2.24) is 15.0 Å². The molecule has 2 heterocycles. The second kappa shape index (κ2) is 10.6. The Balaban J connectivity index is 0.00000289. The molecule has 0 aliphatic carbocycles. The molecular formula is C22H24BrClN6O2. The Kier molecular flexibility index (Phi) is 7.87. The highest BCUT2D eigenvalue weighted by atomic mass is 79.9. The van der Waals surface area contributed by atoms with Crippen molar-refractivity contribution in [3.63, 3.8) is 0 Å². The van der Waals surface area contributed by atoms with E-state index in [1.54, 1.807) is 0 Å². The fourth-order valence-corrected chi connectivity index (χ4v) is 3.66. The Morgan fingerprint density at radius 3 is 2.62 bits per heavy atom. The van der Waals surface area contributed by atoms with Crippen molar-refractivity contribution in [1.29, 1.82) is 5.41 Å². The minimum atomic E-state index is 0. The Labute approximate surface area is 200 Å². The highest BCUT2D eigenvalue weighted by Gasteiger charge is 2.29. The van der Waals surface area contributed by atoms with Gasteiger partial charge in [0.25, 0.3) is 0 Å². The van der Waals surface area contributed by atoms with Crippen molar-refractivity contribution < 1.29 is 9.36 Å². The van der Waals surface area contributed by atoms with Gasteiger partial charge in [0.05, 0.1) is 11.6 Å². The van der Waals surface area contributed by atoms with Crippen molar-refractivity contribution >= 4 is 40.0 Å². The lowest BCUT2D eigenvalue weighted by Crippen LogP contribution is -2.34. The van der Waals surface area contributed by atoms with Crippen LogP contribution in [0.5, 0.6) is 0 Å². The summed E-state index contributed by atoms with van der Waals surface area (Å²) in [7, 11) is 0. The molecule has 0 spiro atoms. The van der Waals surface area contributed by atoms with E-state index in [2.05, 4.69) is 31.2 Å². The Morgan fingerprint density at radius 2 is 1.97 bits per heavy atom. The van der Waals surface area contributed by atoms with Crippen LogP contribution in [-0.2, 0) is 11.4 Å². The van der Waals surface area contributed by atoms with Gasteiger partial charge in [-0.2, -0.15) is 4.98 Å². The van der Waals surface area contributed by atoms with E-state index >= 15 is 0 Å². The van der Waals surface area contributed by atoms with Crippen LogP contribution in [0.1, 0.15) is 36.3 Å². The molecular weight excluding hydrogens is 496 g/mol. The number of likely N-dealkylation sites (tertiary alicyclic amines) is 1. The van der Waals surface area contributed by atoms with Gasteiger partial charge in [-0.15, -0.1) is 12.4 Å². The van der Waals surface area contributed by atoms with E-state index in [1.807, 2.05) is 60.4 Å². The van der Waals surface area contributed by atoms with E-state index in [0.717, 1.165) is 39.8 Å². The van der Waals surface area contributed by atoms with Crippen LogP contribution in [0.25, 0.3) is 11.4 Å². The number of nitrogens with two attached hydrogens (primary N) is 1. The van der Waals surface area contributed by atoms with Crippen molar-refractivity contribution in [3.05, 3.63) is 70.0 Å². The highest BCUT2D eigenvalue weighted by molar-refractivity contribution is 9.10. The largest absolute Gasteiger partial charge is 0.391 e. The summed E-state index contributed by atoms with van der Waals surface area (Å²) >= 11 is 3.42. The summed E-state index contributed by atoms with van der Waals surface area (Å²) in [5, 5.41) is 15.9. The third-order valence-corrected chi connectivity index (χ3v) is 5.76. The van der Waals surface area contributed by atoms with Gasteiger partial charge in [-0.1, -0.05) is 62.6 Å². The molecule has 0 bridgehead atoms. The molecule has 1 fully saturated rings. The Bertz CT molecular complexity index is 1080. The molecule has 8 nitrogen and oxygen atoms in total. The number of benzene rings is 2. The lowest BCUT2D eigenvalue weighted by molar-refractivity contribution is 0.130. The Morgan fingerprint density at radius 1 is 1.25 bits per heavy atom. The quantitative estimate of drug-likeness (QED) is 0.281. The maximum atomic E-state index is 7.55. The van der Waals surface area contributed by atoms with Gasteiger partial charge in [0.15, 0.2) is 5.96 Å². The fourth-order valence-electron chi connectivity index (χ4n) is 3.40. The molecule has 2 aromatic carbocycles. The number of halogens is 2. The van der Waals surface area contributed by atoms with Gasteiger partial charge >= 0.3 is 0 Å². The van der Waals surface area contributed by atoms with Crippen LogP contribution in [-0.4, -0.2) is 39.8 Å². The number of aromatic nitrogens is 2. The Hall–Kier alpha value is -2.91. The van der Waals surface area contributed by atoms with E-state index in [1.165, 1.54) is 0 Å². The number of rotatable bonds is 6. The molecule has 0 unspecified atom stereocenters. The average molecular weight is 520 g/mol. The molecule has 10 heteroatoms. The minimum absolute atomic E-state index is 0. The summed E-state index contributed by atoms with van der Waals surface area (Å²) in [5.74, 6) is 1.31. The zero-order valence-electron chi connectivity index (χ0n) is 17.5. The van der Waals surface area contributed by atoms with Crippen LogP contribution in [0, 0.1) is 5.41 Å². The van der Waals surface area contributed by atoms with Crippen molar-refractivity contribution in [3.8, 4) is 11.4 Å². The molecule has 0 amide bonds. The van der Waals surface area contributed by atoms with Crippen molar-refractivity contribution in [2.45, 2.75) is 25.9 Å². The maximum absolute atomic E-state index is 7.55. The minimum Gasteiger partial charge on any atom is -0.391 e. The smallest absolute Gasteiger partial charge is 0.231 e. The number of oxime groups is 1. The van der Waals surface area contributed by atoms with Gasteiger partial charge in [-0.05, 0) is 36.6 Å². The lowest BCUT2D eigenvalue weighted by Gasteiger charge is -2.14. The molecule has 3 N–H and O–H groups in total. The van der Waals surface area contributed by atoms with Crippen LogP contribution >= 0.6 is 28.3 Å². The SMILES string of the molecule is CC(=NOCc1ccc(Br)cc1)c1ccc(-c2noc([C@@H]3CCN(C(=N)N)C3)n2)cc1.Cl. The lowest BCUT2D eigenvalue weighted by atomic mass is 10.1. The topological polar surface area (TPSA) is 114 Å². The first-order chi connectivity index (χ1) is 15.0. The first kappa shape index (κ1) is 23.7. The van der Waals surface area contributed by atoms with E-state index in [4.69, 9.17) is 20.5 Å². The molecule has 3 aromatic rings. The molecule has 0 radical (unpaired) electrons. The van der Waals surface area contributed by atoms with Crippen LogP contribution in [0.15, 0.2) is 62.7 Å². The molecule has 1 aliphatic rings.